The molecule has 0 saturated carbocycles. The van der Waals surface area contributed by atoms with Gasteiger partial charge in [-0.1, -0.05) is 20.8 Å². The third-order valence-corrected chi connectivity index (χ3v) is 2.32. The molecule has 1 aromatic rings. The number of pyridine rings is 1. The zero-order chi connectivity index (χ0) is 13.8. The SMILES string of the molecule is COCc1ccc(C=O)c(NC(=O)C(C)(C)C)n1. The Morgan fingerprint density at radius 3 is 2.61 bits per heavy atom. The number of nitrogens with zero attached hydrogens (tertiary/aromatic N) is 1. The molecule has 1 rings (SSSR count). The van der Waals surface area contributed by atoms with Crippen LogP contribution in [-0.4, -0.2) is 24.3 Å². The highest BCUT2D eigenvalue weighted by Crippen LogP contribution is 2.18. The molecule has 0 aromatic carbocycles. The highest BCUT2D eigenvalue weighted by molar-refractivity contribution is 5.97. The van der Waals surface area contributed by atoms with Crippen molar-refractivity contribution in [3.05, 3.63) is 23.4 Å². The van der Waals surface area contributed by atoms with Gasteiger partial charge in [-0.25, -0.2) is 4.98 Å². The van der Waals surface area contributed by atoms with Gasteiger partial charge in [-0.3, -0.25) is 9.59 Å². The Bertz CT molecular complexity index is 450. The van der Waals surface area contributed by atoms with Crippen LogP contribution in [0.4, 0.5) is 5.82 Å². The zero-order valence-corrected chi connectivity index (χ0v) is 11.1. The number of rotatable bonds is 4. The van der Waals surface area contributed by atoms with Crippen molar-refractivity contribution in [1.29, 1.82) is 0 Å². The monoisotopic (exact) mass is 250 g/mol. The van der Waals surface area contributed by atoms with Gasteiger partial charge in [-0.2, -0.15) is 0 Å². The molecule has 0 aliphatic rings. The minimum atomic E-state index is -0.543. The fraction of sp³-hybridized carbons (Fsp3) is 0.462. The summed E-state index contributed by atoms with van der Waals surface area (Å²) in [4.78, 5) is 27.0. The number of carbonyl (C=O) groups is 2. The van der Waals surface area contributed by atoms with Gasteiger partial charge in [-0.15, -0.1) is 0 Å². The standard InChI is InChI=1S/C13H18N2O3/c1-13(2,3)12(17)15-11-9(7-16)5-6-10(14-11)8-18-4/h5-7H,8H2,1-4H3,(H,14,15,17). The fourth-order valence-corrected chi connectivity index (χ4v) is 1.23. The Hall–Kier alpha value is -1.75. The van der Waals surface area contributed by atoms with E-state index in [4.69, 9.17) is 4.74 Å². The molecule has 0 radical (unpaired) electrons. The van der Waals surface area contributed by atoms with Crippen molar-refractivity contribution in [2.45, 2.75) is 27.4 Å². The van der Waals surface area contributed by atoms with Gasteiger partial charge in [0, 0.05) is 12.5 Å². The first kappa shape index (κ1) is 14.3. The molecule has 0 spiro atoms. The molecular formula is C13H18N2O3. The number of aldehydes is 1. The van der Waals surface area contributed by atoms with E-state index in [0.717, 1.165) is 0 Å². The molecule has 18 heavy (non-hydrogen) atoms. The van der Waals surface area contributed by atoms with Crippen LogP contribution < -0.4 is 5.32 Å². The highest BCUT2D eigenvalue weighted by Gasteiger charge is 2.22. The molecule has 0 aliphatic carbocycles. The van der Waals surface area contributed by atoms with Crippen molar-refractivity contribution in [2.75, 3.05) is 12.4 Å². The molecular weight excluding hydrogens is 232 g/mol. The first-order valence-electron chi connectivity index (χ1n) is 5.64. The smallest absolute Gasteiger partial charge is 0.230 e. The second-order valence-electron chi connectivity index (χ2n) is 5.00. The largest absolute Gasteiger partial charge is 0.378 e. The van der Waals surface area contributed by atoms with Gasteiger partial charge in [0.1, 0.15) is 5.82 Å². The first-order valence-corrected chi connectivity index (χ1v) is 5.64. The van der Waals surface area contributed by atoms with Crippen molar-refractivity contribution in [3.63, 3.8) is 0 Å². The number of aromatic nitrogens is 1. The molecule has 0 aliphatic heterocycles. The Kier molecular flexibility index (Phi) is 4.55. The van der Waals surface area contributed by atoms with Gasteiger partial charge in [0.15, 0.2) is 6.29 Å². The van der Waals surface area contributed by atoms with Gasteiger partial charge in [0.2, 0.25) is 5.91 Å². The van der Waals surface area contributed by atoms with Gasteiger partial charge in [0.25, 0.3) is 0 Å². The lowest BCUT2D eigenvalue weighted by Crippen LogP contribution is -2.28. The van der Waals surface area contributed by atoms with E-state index in [1.807, 2.05) is 0 Å². The van der Waals surface area contributed by atoms with Crippen molar-refractivity contribution >= 4 is 18.0 Å². The Labute approximate surface area is 107 Å². The summed E-state index contributed by atoms with van der Waals surface area (Å²) < 4.78 is 4.97. The van der Waals surface area contributed by atoms with E-state index >= 15 is 0 Å². The molecule has 0 fully saturated rings. The van der Waals surface area contributed by atoms with E-state index in [-0.39, 0.29) is 11.7 Å². The van der Waals surface area contributed by atoms with Gasteiger partial charge in [-0.05, 0) is 12.1 Å². The van der Waals surface area contributed by atoms with Gasteiger partial charge < -0.3 is 10.1 Å². The molecule has 1 amide bonds. The number of carbonyl (C=O) groups excluding carboxylic acids is 2. The summed E-state index contributed by atoms with van der Waals surface area (Å²) in [6.45, 7) is 5.71. The molecule has 1 N–H and O–H groups in total. The predicted molar refractivity (Wildman–Crippen MR) is 68.4 cm³/mol. The Morgan fingerprint density at radius 2 is 2.11 bits per heavy atom. The minimum absolute atomic E-state index is 0.187. The average molecular weight is 250 g/mol. The summed E-state index contributed by atoms with van der Waals surface area (Å²) in [5.41, 5.74) is 0.471. The summed E-state index contributed by atoms with van der Waals surface area (Å²) in [5, 5.41) is 2.66. The van der Waals surface area contributed by atoms with E-state index in [1.54, 1.807) is 40.0 Å². The van der Waals surface area contributed by atoms with Crippen LogP contribution in [0.15, 0.2) is 12.1 Å². The van der Waals surface area contributed by atoms with Crippen LogP contribution in [0, 0.1) is 5.41 Å². The first-order chi connectivity index (χ1) is 8.38. The second kappa shape index (κ2) is 5.73. The summed E-state index contributed by atoms with van der Waals surface area (Å²) in [7, 11) is 1.56. The molecule has 5 heteroatoms. The fourth-order valence-electron chi connectivity index (χ4n) is 1.23. The number of hydrogen-bond donors (Lipinski definition) is 1. The molecule has 0 unspecified atom stereocenters. The minimum Gasteiger partial charge on any atom is -0.378 e. The van der Waals surface area contributed by atoms with Gasteiger partial charge >= 0.3 is 0 Å². The number of amides is 1. The lowest BCUT2D eigenvalue weighted by Gasteiger charge is -2.18. The third-order valence-electron chi connectivity index (χ3n) is 2.32. The summed E-state index contributed by atoms with van der Waals surface area (Å²) in [6.07, 6.45) is 0.669. The molecule has 0 saturated heterocycles. The van der Waals surface area contributed by atoms with E-state index in [1.165, 1.54) is 0 Å². The number of nitrogens with one attached hydrogen (secondary N) is 1. The van der Waals surface area contributed by atoms with Crippen LogP contribution in [0.2, 0.25) is 0 Å². The van der Waals surface area contributed by atoms with Crippen molar-refractivity contribution < 1.29 is 14.3 Å². The quantitative estimate of drug-likeness (QED) is 0.830. The Morgan fingerprint density at radius 1 is 1.44 bits per heavy atom. The number of methoxy groups -OCH3 is 1. The second-order valence-corrected chi connectivity index (χ2v) is 5.00. The summed E-state index contributed by atoms with van der Waals surface area (Å²) >= 11 is 0. The van der Waals surface area contributed by atoms with Crippen LogP contribution >= 0.6 is 0 Å². The topological polar surface area (TPSA) is 68.3 Å². The third kappa shape index (κ3) is 3.63. The van der Waals surface area contributed by atoms with E-state index in [2.05, 4.69) is 10.3 Å². The average Bonchev–Trinajstić information content (AvgIpc) is 2.28. The van der Waals surface area contributed by atoms with Crippen LogP contribution in [0.1, 0.15) is 36.8 Å². The normalized spacial score (nSPS) is 11.1. The van der Waals surface area contributed by atoms with Crippen molar-refractivity contribution in [3.8, 4) is 0 Å². The summed E-state index contributed by atoms with van der Waals surface area (Å²) in [5.74, 6) is 0.0899. The number of hydrogen-bond acceptors (Lipinski definition) is 4. The van der Waals surface area contributed by atoms with E-state index in [0.29, 0.717) is 24.2 Å². The van der Waals surface area contributed by atoms with Crippen LogP contribution in [0.25, 0.3) is 0 Å². The highest BCUT2D eigenvalue weighted by atomic mass is 16.5. The predicted octanol–water partition coefficient (Wildman–Crippen LogP) is 2.03. The molecule has 98 valence electrons. The van der Waals surface area contributed by atoms with Crippen molar-refractivity contribution in [1.82, 2.24) is 4.98 Å². The molecule has 1 heterocycles. The van der Waals surface area contributed by atoms with E-state index < -0.39 is 5.41 Å². The number of anilines is 1. The van der Waals surface area contributed by atoms with Crippen LogP contribution in [-0.2, 0) is 16.1 Å². The molecule has 0 bridgehead atoms. The number of ether oxygens (including phenoxy) is 1. The maximum atomic E-state index is 11.9. The maximum Gasteiger partial charge on any atom is 0.230 e. The zero-order valence-electron chi connectivity index (χ0n) is 11.1. The molecule has 0 atom stereocenters. The van der Waals surface area contributed by atoms with Gasteiger partial charge in [0.05, 0.1) is 17.9 Å². The van der Waals surface area contributed by atoms with E-state index in [9.17, 15) is 9.59 Å². The molecule has 1 aromatic heterocycles. The maximum absolute atomic E-state index is 11.9. The van der Waals surface area contributed by atoms with Crippen LogP contribution in [0.3, 0.4) is 0 Å². The van der Waals surface area contributed by atoms with Crippen molar-refractivity contribution in [2.24, 2.45) is 5.41 Å². The summed E-state index contributed by atoms with van der Waals surface area (Å²) in [6, 6.07) is 3.31. The van der Waals surface area contributed by atoms with Crippen LogP contribution in [0.5, 0.6) is 0 Å². The Balaban J connectivity index is 3.01. The lowest BCUT2D eigenvalue weighted by molar-refractivity contribution is -0.123. The molecule has 5 nitrogen and oxygen atoms in total. The lowest BCUT2D eigenvalue weighted by atomic mass is 9.95.